The van der Waals surface area contributed by atoms with E-state index in [1.165, 1.54) is 32.1 Å². The van der Waals surface area contributed by atoms with Crippen LogP contribution in [-0.4, -0.2) is 17.8 Å². The van der Waals surface area contributed by atoms with Crippen LogP contribution in [0.5, 0.6) is 0 Å². The van der Waals surface area contributed by atoms with E-state index in [9.17, 15) is 5.11 Å². The van der Waals surface area contributed by atoms with Crippen molar-refractivity contribution >= 4 is 0 Å². The van der Waals surface area contributed by atoms with Gasteiger partial charge in [0, 0.05) is 0 Å². The Balaban J connectivity index is 1.92. The second kappa shape index (κ2) is 3.97. The molecule has 2 atom stereocenters. The fourth-order valence-electron chi connectivity index (χ4n) is 3.29. The van der Waals surface area contributed by atoms with Gasteiger partial charge in [-0.15, -0.1) is 0 Å². The van der Waals surface area contributed by atoms with Crippen LogP contribution in [0.2, 0.25) is 0 Å². The van der Waals surface area contributed by atoms with Crippen molar-refractivity contribution in [3.05, 3.63) is 0 Å². The Morgan fingerprint density at radius 3 is 2.38 bits per heavy atom. The Morgan fingerprint density at radius 1 is 1.23 bits per heavy atom. The van der Waals surface area contributed by atoms with Gasteiger partial charge in [-0.05, 0) is 50.0 Å². The minimum atomic E-state index is -0.113. The topological polar surface area (TPSA) is 46.2 Å². The molecule has 3 rings (SSSR count). The molecule has 0 aliphatic heterocycles. The Hall–Kier alpha value is -0.0800. The number of hydrogen-bond acceptors (Lipinski definition) is 2. The van der Waals surface area contributed by atoms with Crippen LogP contribution in [0.4, 0.5) is 0 Å². The van der Waals surface area contributed by atoms with E-state index in [1.54, 1.807) is 0 Å². The zero-order valence-corrected chi connectivity index (χ0v) is 8.28. The summed E-state index contributed by atoms with van der Waals surface area (Å²) in [6.45, 7) is 0.634. The van der Waals surface area contributed by atoms with Crippen LogP contribution < -0.4 is 5.73 Å². The maximum absolute atomic E-state index is 9.92. The molecule has 0 amide bonds. The second-order valence-electron chi connectivity index (χ2n) is 4.83. The minimum Gasteiger partial charge on any atom is -0.393 e. The van der Waals surface area contributed by atoms with Gasteiger partial charge in [0.25, 0.3) is 0 Å². The second-order valence-corrected chi connectivity index (χ2v) is 4.83. The van der Waals surface area contributed by atoms with Gasteiger partial charge in [-0.25, -0.2) is 0 Å². The Kier molecular flexibility index (Phi) is 2.89. The highest BCUT2D eigenvalue weighted by Gasteiger charge is 2.38. The summed E-state index contributed by atoms with van der Waals surface area (Å²) in [6, 6.07) is 0. The summed E-state index contributed by atoms with van der Waals surface area (Å²) in [5.74, 6) is 2.31. The number of rotatable bonds is 3. The van der Waals surface area contributed by atoms with Crippen LogP contribution >= 0.6 is 0 Å². The molecule has 2 nitrogen and oxygen atoms in total. The Morgan fingerprint density at radius 2 is 1.92 bits per heavy atom. The highest BCUT2D eigenvalue weighted by molar-refractivity contribution is 4.89. The molecule has 3 N–H and O–H groups in total. The Labute approximate surface area is 80.5 Å². The van der Waals surface area contributed by atoms with Gasteiger partial charge in [0.2, 0.25) is 0 Å². The van der Waals surface area contributed by atoms with Crippen molar-refractivity contribution in [1.29, 1.82) is 0 Å². The lowest BCUT2D eigenvalue weighted by Gasteiger charge is -2.44. The van der Waals surface area contributed by atoms with E-state index in [2.05, 4.69) is 0 Å². The zero-order valence-electron chi connectivity index (χ0n) is 8.28. The van der Waals surface area contributed by atoms with Gasteiger partial charge in [0.1, 0.15) is 0 Å². The SMILES string of the molecule is NCCC(O)C1CC2CCC1CC2. The van der Waals surface area contributed by atoms with Crippen molar-refractivity contribution < 1.29 is 5.11 Å². The number of aliphatic hydroxyl groups excluding tert-OH is 1. The number of hydrogen-bond donors (Lipinski definition) is 2. The van der Waals surface area contributed by atoms with Crippen LogP contribution in [0.1, 0.15) is 38.5 Å². The third-order valence-electron chi connectivity index (χ3n) is 4.06. The molecule has 2 unspecified atom stereocenters. The van der Waals surface area contributed by atoms with Gasteiger partial charge < -0.3 is 10.8 Å². The molecule has 3 fully saturated rings. The van der Waals surface area contributed by atoms with Gasteiger partial charge in [-0.2, -0.15) is 0 Å². The highest BCUT2D eigenvalue weighted by atomic mass is 16.3. The minimum absolute atomic E-state index is 0.113. The van der Waals surface area contributed by atoms with E-state index in [4.69, 9.17) is 5.73 Å². The van der Waals surface area contributed by atoms with Crippen LogP contribution in [0.25, 0.3) is 0 Å². The average Bonchev–Trinajstić information content (AvgIpc) is 2.20. The van der Waals surface area contributed by atoms with Crippen LogP contribution in [0, 0.1) is 17.8 Å². The van der Waals surface area contributed by atoms with Crippen molar-refractivity contribution in [3.8, 4) is 0 Å². The maximum Gasteiger partial charge on any atom is 0.0583 e. The lowest BCUT2D eigenvalue weighted by Crippen LogP contribution is -2.39. The first-order valence-corrected chi connectivity index (χ1v) is 5.69. The molecule has 3 aliphatic rings. The molecule has 0 radical (unpaired) electrons. The molecule has 0 heterocycles. The van der Waals surface area contributed by atoms with Crippen molar-refractivity contribution in [2.75, 3.05) is 6.54 Å². The van der Waals surface area contributed by atoms with Gasteiger partial charge in [0.05, 0.1) is 6.10 Å². The number of nitrogens with two attached hydrogens (primary N) is 1. The molecule has 2 heteroatoms. The first-order chi connectivity index (χ1) is 6.31. The standard InChI is InChI=1S/C11H21NO/c12-6-5-11(13)10-7-8-1-3-9(10)4-2-8/h8-11,13H,1-7,12H2. The summed E-state index contributed by atoms with van der Waals surface area (Å²) in [7, 11) is 0. The molecule has 0 aromatic rings. The molecular formula is C11H21NO. The molecular weight excluding hydrogens is 162 g/mol. The summed E-state index contributed by atoms with van der Waals surface area (Å²) in [4.78, 5) is 0. The molecule has 76 valence electrons. The smallest absolute Gasteiger partial charge is 0.0583 e. The fraction of sp³-hybridized carbons (Fsp3) is 1.00. The van der Waals surface area contributed by atoms with Crippen molar-refractivity contribution in [2.24, 2.45) is 23.5 Å². The van der Waals surface area contributed by atoms with E-state index >= 15 is 0 Å². The van der Waals surface area contributed by atoms with Crippen molar-refractivity contribution in [2.45, 2.75) is 44.6 Å². The molecule has 0 aromatic carbocycles. The summed E-state index contributed by atoms with van der Waals surface area (Å²) < 4.78 is 0. The van der Waals surface area contributed by atoms with Crippen molar-refractivity contribution in [3.63, 3.8) is 0 Å². The van der Waals surface area contributed by atoms with E-state index in [1.807, 2.05) is 0 Å². The van der Waals surface area contributed by atoms with Crippen molar-refractivity contribution in [1.82, 2.24) is 0 Å². The normalized spacial score (nSPS) is 40.6. The van der Waals surface area contributed by atoms with Gasteiger partial charge in [-0.3, -0.25) is 0 Å². The monoisotopic (exact) mass is 183 g/mol. The maximum atomic E-state index is 9.92. The van der Waals surface area contributed by atoms with Gasteiger partial charge in [-0.1, -0.05) is 12.8 Å². The van der Waals surface area contributed by atoms with Crippen LogP contribution in [-0.2, 0) is 0 Å². The van der Waals surface area contributed by atoms with E-state index in [-0.39, 0.29) is 6.10 Å². The molecule has 3 aliphatic carbocycles. The quantitative estimate of drug-likeness (QED) is 0.697. The van der Waals surface area contributed by atoms with E-state index in [0.717, 1.165) is 18.3 Å². The van der Waals surface area contributed by atoms with Gasteiger partial charge in [0.15, 0.2) is 0 Å². The summed E-state index contributed by atoms with van der Waals surface area (Å²) in [5, 5.41) is 9.92. The first-order valence-electron chi connectivity index (χ1n) is 5.69. The highest BCUT2D eigenvalue weighted by Crippen LogP contribution is 2.46. The Bertz CT molecular complexity index is 163. The first kappa shape index (κ1) is 9.47. The number of fused-ring (bicyclic) bond motifs is 3. The molecule has 0 aromatic heterocycles. The third-order valence-corrected chi connectivity index (χ3v) is 4.06. The van der Waals surface area contributed by atoms with E-state index in [0.29, 0.717) is 12.5 Å². The van der Waals surface area contributed by atoms with E-state index < -0.39 is 0 Å². The summed E-state index contributed by atoms with van der Waals surface area (Å²) in [5.41, 5.74) is 5.47. The predicted octanol–water partition coefficient (Wildman–Crippen LogP) is 1.52. The molecule has 0 spiro atoms. The van der Waals surface area contributed by atoms with Gasteiger partial charge >= 0.3 is 0 Å². The van der Waals surface area contributed by atoms with Crippen LogP contribution in [0.3, 0.4) is 0 Å². The largest absolute Gasteiger partial charge is 0.393 e. The molecule has 3 saturated carbocycles. The summed E-state index contributed by atoms with van der Waals surface area (Å²) >= 11 is 0. The van der Waals surface area contributed by atoms with Crippen LogP contribution in [0.15, 0.2) is 0 Å². The zero-order chi connectivity index (χ0) is 9.26. The third kappa shape index (κ3) is 1.89. The molecule has 13 heavy (non-hydrogen) atoms. The predicted molar refractivity (Wildman–Crippen MR) is 53.2 cm³/mol. The molecule has 0 saturated heterocycles. The fourth-order valence-corrected chi connectivity index (χ4v) is 3.29. The average molecular weight is 183 g/mol. The number of aliphatic hydroxyl groups is 1. The molecule has 2 bridgehead atoms. The lowest BCUT2D eigenvalue weighted by atomic mass is 9.63. The summed E-state index contributed by atoms with van der Waals surface area (Å²) in [6.07, 6.45) is 7.50. The lowest BCUT2D eigenvalue weighted by molar-refractivity contribution is -0.00609.